The van der Waals surface area contributed by atoms with Crippen LogP contribution < -0.4 is 5.32 Å². The van der Waals surface area contributed by atoms with Gasteiger partial charge in [-0.2, -0.15) is 0 Å². The molecule has 1 N–H and O–H groups in total. The van der Waals surface area contributed by atoms with Crippen molar-refractivity contribution in [2.24, 2.45) is 11.8 Å². The van der Waals surface area contributed by atoms with Gasteiger partial charge in [0.2, 0.25) is 0 Å². The summed E-state index contributed by atoms with van der Waals surface area (Å²) in [6.45, 7) is 14.2. The second-order valence-corrected chi connectivity index (χ2v) is 5.27. The minimum atomic E-state index is 0.779. The first-order valence-electron chi connectivity index (χ1n) is 7.17. The predicted octanol–water partition coefficient (Wildman–Crippen LogP) is 2.74. The Morgan fingerprint density at radius 3 is 2.50 bits per heavy atom. The molecule has 0 aromatic rings. The van der Waals surface area contributed by atoms with Gasteiger partial charge in [-0.3, -0.25) is 0 Å². The molecule has 1 fully saturated rings. The van der Waals surface area contributed by atoms with Crippen molar-refractivity contribution >= 4 is 0 Å². The molecule has 0 aromatic carbocycles. The lowest BCUT2D eigenvalue weighted by molar-refractivity contribution is 0.175. The van der Waals surface area contributed by atoms with Crippen LogP contribution in [-0.2, 0) is 0 Å². The first-order chi connectivity index (χ1) is 7.72. The average molecular weight is 226 g/mol. The molecule has 2 heteroatoms. The van der Waals surface area contributed by atoms with E-state index in [1.165, 1.54) is 38.9 Å². The molecule has 1 rings (SSSR count). The molecule has 0 saturated carbocycles. The van der Waals surface area contributed by atoms with E-state index in [9.17, 15) is 0 Å². The minimum Gasteiger partial charge on any atom is -0.317 e. The van der Waals surface area contributed by atoms with E-state index >= 15 is 0 Å². The summed E-state index contributed by atoms with van der Waals surface area (Å²) in [5.74, 6) is 1.77. The summed E-state index contributed by atoms with van der Waals surface area (Å²) in [5, 5.41) is 3.48. The van der Waals surface area contributed by atoms with Crippen LogP contribution in [0.5, 0.6) is 0 Å². The highest BCUT2D eigenvalue weighted by Gasteiger charge is 2.28. The maximum absolute atomic E-state index is 3.48. The van der Waals surface area contributed by atoms with E-state index < -0.39 is 0 Å². The average Bonchev–Trinajstić information content (AvgIpc) is 2.76. The summed E-state index contributed by atoms with van der Waals surface area (Å²) in [4.78, 5) is 2.71. The van der Waals surface area contributed by atoms with Gasteiger partial charge in [0.1, 0.15) is 0 Å². The lowest BCUT2D eigenvalue weighted by Crippen LogP contribution is -2.37. The fourth-order valence-corrected chi connectivity index (χ4v) is 3.02. The van der Waals surface area contributed by atoms with E-state index in [-0.39, 0.29) is 0 Å². The number of nitrogens with one attached hydrogen (secondary N) is 1. The summed E-state index contributed by atoms with van der Waals surface area (Å²) in [6, 6.07) is 0.779. The Labute approximate surface area is 102 Å². The molecule has 0 radical (unpaired) electrons. The Morgan fingerprint density at radius 2 is 1.94 bits per heavy atom. The van der Waals surface area contributed by atoms with Crippen molar-refractivity contribution in [3.8, 4) is 0 Å². The van der Waals surface area contributed by atoms with E-state index in [1.54, 1.807) is 0 Å². The van der Waals surface area contributed by atoms with E-state index in [2.05, 4.69) is 37.9 Å². The molecule has 0 bridgehead atoms. The number of rotatable bonds is 7. The van der Waals surface area contributed by atoms with Crippen molar-refractivity contribution in [2.45, 2.75) is 53.0 Å². The van der Waals surface area contributed by atoms with Crippen LogP contribution in [0.1, 0.15) is 47.0 Å². The Morgan fingerprint density at radius 1 is 1.25 bits per heavy atom. The number of likely N-dealkylation sites (tertiary alicyclic amines) is 1. The zero-order chi connectivity index (χ0) is 12.0. The van der Waals surface area contributed by atoms with Gasteiger partial charge in [-0.1, -0.05) is 33.6 Å². The van der Waals surface area contributed by atoms with Gasteiger partial charge in [0, 0.05) is 12.6 Å². The molecule has 1 aliphatic rings. The predicted molar refractivity (Wildman–Crippen MR) is 71.8 cm³/mol. The van der Waals surface area contributed by atoms with Gasteiger partial charge in [-0.15, -0.1) is 0 Å². The van der Waals surface area contributed by atoms with Crippen molar-refractivity contribution in [1.29, 1.82) is 0 Å². The molecule has 2 nitrogen and oxygen atoms in total. The van der Waals surface area contributed by atoms with Gasteiger partial charge >= 0.3 is 0 Å². The molecule has 0 aliphatic carbocycles. The van der Waals surface area contributed by atoms with Crippen LogP contribution >= 0.6 is 0 Å². The minimum absolute atomic E-state index is 0.779. The van der Waals surface area contributed by atoms with Crippen LogP contribution in [-0.4, -0.2) is 37.1 Å². The molecule has 0 aromatic heterocycles. The van der Waals surface area contributed by atoms with Crippen LogP contribution in [0.4, 0.5) is 0 Å². The summed E-state index contributed by atoms with van der Waals surface area (Å²) in [7, 11) is 0. The third kappa shape index (κ3) is 3.74. The molecular formula is C14H30N2. The monoisotopic (exact) mass is 226 g/mol. The quantitative estimate of drug-likeness (QED) is 0.718. The summed E-state index contributed by atoms with van der Waals surface area (Å²) in [5.41, 5.74) is 0. The summed E-state index contributed by atoms with van der Waals surface area (Å²) in [6.07, 6.45) is 4.04. The maximum Gasteiger partial charge on any atom is 0.00951 e. The van der Waals surface area contributed by atoms with Gasteiger partial charge in [0.05, 0.1) is 0 Å². The van der Waals surface area contributed by atoms with Crippen molar-refractivity contribution < 1.29 is 0 Å². The molecule has 96 valence electrons. The molecular weight excluding hydrogens is 196 g/mol. The lowest BCUT2D eigenvalue weighted by atomic mass is 9.94. The third-order valence-electron chi connectivity index (χ3n) is 4.31. The van der Waals surface area contributed by atoms with Gasteiger partial charge in [0.15, 0.2) is 0 Å². The van der Waals surface area contributed by atoms with Crippen molar-refractivity contribution in [3.63, 3.8) is 0 Å². The third-order valence-corrected chi connectivity index (χ3v) is 4.31. The van der Waals surface area contributed by atoms with Gasteiger partial charge in [-0.05, 0) is 44.8 Å². The van der Waals surface area contributed by atoms with Gasteiger partial charge in [-0.25, -0.2) is 0 Å². The fraction of sp³-hybridized carbons (Fsp3) is 1.00. The van der Waals surface area contributed by atoms with Gasteiger partial charge in [0.25, 0.3) is 0 Å². The molecule has 1 saturated heterocycles. The van der Waals surface area contributed by atoms with Crippen molar-refractivity contribution in [1.82, 2.24) is 10.2 Å². The van der Waals surface area contributed by atoms with Crippen LogP contribution in [0.2, 0.25) is 0 Å². The maximum atomic E-state index is 3.48. The highest BCUT2D eigenvalue weighted by atomic mass is 15.2. The molecule has 1 heterocycles. The molecule has 2 atom stereocenters. The molecule has 2 unspecified atom stereocenters. The number of hydrogen-bond donors (Lipinski definition) is 1. The zero-order valence-corrected chi connectivity index (χ0v) is 11.6. The smallest absolute Gasteiger partial charge is 0.00951 e. The summed E-state index contributed by atoms with van der Waals surface area (Å²) >= 11 is 0. The second-order valence-electron chi connectivity index (χ2n) is 5.27. The molecule has 16 heavy (non-hydrogen) atoms. The second kappa shape index (κ2) is 7.29. The Bertz CT molecular complexity index is 178. The van der Waals surface area contributed by atoms with E-state index in [4.69, 9.17) is 0 Å². The fourth-order valence-electron chi connectivity index (χ4n) is 3.02. The Kier molecular flexibility index (Phi) is 6.37. The SMILES string of the molecule is CCNCC1CCN(C(C)C(CC)CC)C1. The first-order valence-corrected chi connectivity index (χ1v) is 7.17. The van der Waals surface area contributed by atoms with E-state index in [0.29, 0.717) is 0 Å². The van der Waals surface area contributed by atoms with Crippen LogP contribution in [0.3, 0.4) is 0 Å². The van der Waals surface area contributed by atoms with Crippen molar-refractivity contribution in [2.75, 3.05) is 26.2 Å². The van der Waals surface area contributed by atoms with Crippen LogP contribution in [0, 0.1) is 11.8 Å². The topological polar surface area (TPSA) is 15.3 Å². The first kappa shape index (κ1) is 14.0. The zero-order valence-electron chi connectivity index (χ0n) is 11.6. The van der Waals surface area contributed by atoms with Crippen molar-refractivity contribution in [3.05, 3.63) is 0 Å². The van der Waals surface area contributed by atoms with Gasteiger partial charge < -0.3 is 10.2 Å². The highest BCUT2D eigenvalue weighted by Crippen LogP contribution is 2.24. The Balaban J connectivity index is 2.33. The van der Waals surface area contributed by atoms with E-state index in [1.807, 2.05) is 0 Å². The molecule has 0 spiro atoms. The van der Waals surface area contributed by atoms with Crippen LogP contribution in [0.15, 0.2) is 0 Å². The molecule has 0 amide bonds. The number of nitrogens with zero attached hydrogens (tertiary/aromatic N) is 1. The van der Waals surface area contributed by atoms with E-state index in [0.717, 1.165) is 24.4 Å². The number of hydrogen-bond acceptors (Lipinski definition) is 2. The standard InChI is InChI=1S/C14H30N2/c1-5-14(6-2)12(4)16-9-8-13(11-16)10-15-7-3/h12-15H,5-11H2,1-4H3. The largest absolute Gasteiger partial charge is 0.317 e. The highest BCUT2D eigenvalue weighted by molar-refractivity contribution is 4.83. The van der Waals surface area contributed by atoms with Crippen LogP contribution in [0.25, 0.3) is 0 Å². The normalized spacial score (nSPS) is 24.2. The Hall–Kier alpha value is -0.0800. The molecule has 1 aliphatic heterocycles. The summed E-state index contributed by atoms with van der Waals surface area (Å²) < 4.78 is 0. The lowest BCUT2D eigenvalue weighted by Gasteiger charge is -2.30.